The van der Waals surface area contributed by atoms with Gasteiger partial charge in [-0.1, -0.05) is 37.5 Å². The normalized spacial score (nSPS) is 20.0. The largest absolute Gasteiger partial charge is 0.388 e. The van der Waals surface area contributed by atoms with Gasteiger partial charge in [0, 0.05) is 18.7 Å². The van der Waals surface area contributed by atoms with E-state index in [1.807, 2.05) is 24.3 Å². The van der Waals surface area contributed by atoms with E-state index in [1.54, 1.807) is 4.90 Å². The Kier molecular flexibility index (Phi) is 4.66. The van der Waals surface area contributed by atoms with Crippen LogP contribution in [0.2, 0.25) is 0 Å². The molecule has 5 heteroatoms. The number of nitrogens with one attached hydrogen (secondary N) is 1. The molecule has 124 valence electrons. The highest BCUT2D eigenvalue weighted by atomic mass is 16.3. The third-order valence-corrected chi connectivity index (χ3v) is 4.89. The Balaban J connectivity index is 1.60. The summed E-state index contributed by atoms with van der Waals surface area (Å²) in [5, 5.41) is 13.2. The van der Waals surface area contributed by atoms with E-state index in [0.717, 1.165) is 49.8 Å². The van der Waals surface area contributed by atoms with Crippen LogP contribution in [0.3, 0.4) is 0 Å². The lowest BCUT2D eigenvalue weighted by Gasteiger charge is -2.33. The predicted octanol–water partition coefficient (Wildman–Crippen LogP) is 1.78. The SMILES string of the molecule is O=C(CN1C(=O)CCc2ccccc21)NCC1(O)CCCCC1. The van der Waals surface area contributed by atoms with Crippen LogP contribution in [0.15, 0.2) is 24.3 Å². The second-order valence-electron chi connectivity index (χ2n) is 6.67. The number of benzene rings is 1. The van der Waals surface area contributed by atoms with Gasteiger partial charge < -0.3 is 15.3 Å². The fraction of sp³-hybridized carbons (Fsp3) is 0.556. The maximum atomic E-state index is 12.2. The second kappa shape index (κ2) is 6.71. The summed E-state index contributed by atoms with van der Waals surface area (Å²) in [5.41, 5.74) is 1.15. The Bertz CT molecular complexity index is 594. The molecule has 0 bridgehead atoms. The number of aliphatic hydroxyl groups is 1. The van der Waals surface area contributed by atoms with Crippen LogP contribution in [0.1, 0.15) is 44.1 Å². The number of carbonyl (C=O) groups is 2. The van der Waals surface area contributed by atoms with E-state index in [9.17, 15) is 14.7 Å². The second-order valence-corrected chi connectivity index (χ2v) is 6.67. The molecule has 0 saturated heterocycles. The first-order chi connectivity index (χ1) is 11.1. The lowest BCUT2D eigenvalue weighted by Crippen LogP contribution is -2.48. The van der Waals surface area contributed by atoms with Crippen LogP contribution in [-0.2, 0) is 16.0 Å². The number of rotatable bonds is 4. The first kappa shape index (κ1) is 16.0. The van der Waals surface area contributed by atoms with Crippen molar-refractivity contribution in [1.29, 1.82) is 0 Å². The lowest BCUT2D eigenvalue weighted by atomic mass is 9.85. The van der Waals surface area contributed by atoms with Crippen LogP contribution < -0.4 is 10.2 Å². The molecule has 2 aliphatic rings. The number of anilines is 1. The molecule has 1 aromatic rings. The summed E-state index contributed by atoms with van der Waals surface area (Å²) in [7, 11) is 0. The van der Waals surface area contributed by atoms with Gasteiger partial charge in [0.25, 0.3) is 0 Å². The van der Waals surface area contributed by atoms with Gasteiger partial charge in [-0.2, -0.15) is 0 Å². The number of amides is 2. The van der Waals surface area contributed by atoms with Gasteiger partial charge in [-0.25, -0.2) is 0 Å². The lowest BCUT2D eigenvalue weighted by molar-refractivity contribution is -0.125. The monoisotopic (exact) mass is 316 g/mol. The van der Waals surface area contributed by atoms with Crippen molar-refractivity contribution in [3.8, 4) is 0 Å². The summed E-state index contributed by atoms with van der Waals surface area (Å²) in [6, 6.07) is 7.71. The van der Waals surface area contributed by atoms with E-state index in [4.69, 9.17) is 0 Å². The molecular weight excluding hydrogens is 292 g/mol. The van der Waals surface area contributed by atoms with Crippen molar-refractivity contribution in [3.63, 3.8) is 0 Å². The molecule has 1 heterocycles. The van der Waals surface area contributed by atoms with Crippen molar-refractivity contribution in [1.82, 2.24) is 5.32 Å². The average molecular weight is 316 g/mol. The molecule has 0 aromatic heterocycles. The van der Waals surface area contributed by atoms with Crippen LogP contribution in [0.25, 0.3) is 0 Å². The fourth-order valence-corrected chi connectivity index (χ4v) is 3.52. The Hall–Kier alpha value is -1.88. The molecule has 1 aromatic carbocycles. The Labute approximate surface area is 136 Å². The van der Waals surface area contributed by atoms with Crippen LogP contribution in [0.4, 0.5) is 5.69 Å². The summed E-state index contributed by atoms with van der Waals surface area (Å²) >= 11 is 0. The molecule has 1 aliphatic carbocycles. The summed E-state index contributed by atoms with van der Waals surface area (Å²) in [4.78, 5) is 25.9. The minimum Gasteiger partial charge on any atom is -0.388 e. The summed E-state index contributed by atoms with van der Waals surface area (Å²) < 4.78 is 0. The molecule has 1 saturated carbocycles. The third kappa shape index (κ3) is 3.72. The predicted molar refractivity (Wildman–Crippen MR) is 88.2 cm³/mol. The highest BCUT2D eigenvalue weighted by Crippen LogP contribution is 2.28. The molecule has 0 atom stereocenters. The molecule has 1 aliphatic heterocycles. The average Bonchev–Trinajstić information content (AvgIpc) is 2.56. The van der Waals surface area contributed by atoms with E-state index in [1.165, 1.54) is 0 Å². The van der Waals surface area contributed by atoms with Gasteiger partial charge in [-0.15, -0.1) is 0 Å². The van der Waals surface area contributed by atoms with E-state index in [-0.39, 0.29) is 24.9 Å². The molecule has 0 spiro atoms. The van der Waals surface area contributed by atoms with Crippen molar-refractivity contribution in [2.75, 3.05) is 18.0 Å². The highest BCUT2D eigenvalue weighted by molar-refractivity contribution is 6.01. The topological polar surface area (TPSA) is 69.6 Å². The van der Waals surface area contributed by atoms with Gasteiger partial charge in [0.1, 0.15) is 6.54 Å². The third-order valence-electron chi connectivity index (χ3n) is 4.89. The molecule has 0 unspecified atom stereocenters. The summed E-state index contributed by atoms with van der Waals surface area (Å²) in [6.07, 6.45) is 5.79. The summed E-state index contributed by atoms with van der Waals surface area (Å²) in [5.74, 6) is -0.232. The standard InChI is InChI=1S/C18H24N2O3/c21-16(19-13-18(23)10-4-1-5-11-18)12-20-15-7-3-2-6-14(15)8-9-17(20)22/h2-3,6-7,23H,1,4-5,8-13H2,(H,19,21). The number of nitrogens with zero attached hydrogens (tertiary/aromatic N) is 1. The van der Waals surface area contributed by atoms with Gasteiger partial charge in [0.2, 0.25) is 11.8 Å². The van der Waals surface area contributed by atoms with Crippen LogP contribution in [0.5, 0.6) is 0 Å². The number of fused-ring (bicyclic) bond motifs is 1. The maximum absolute atomic E-state index is 12.2. The van der Waals surface area contributed by atoms with Crippen molar-refractivity contribution in [2.24, 2.45) is 0 Å². The number of carbonyl (C=O) groups excluding carboxylic acids is 2. The molecule has 23 heavy (non-hydrogen) atoms. The molecule has 2 N–H and O–H groups in total. The quantitative estimate of drug-likeness (QED) is 0.889. The smallest absolute Gasteiger partial charge is 0.240 e. The highest BCUT2D eigenvalue weighted by Gasteiger charge is 2.30. The molecule has 2 amide bonds. The molecular formula is C18H24N2O3. The van der Waals surface area contributed by atoms with E-state index >= 15 is 0 Å². The zero-order chi connectivity index (χ0) is 16.3. The Morgan fingerprint density at radius 2 is 1.91 bits per heavy atom. The molecule has 5 nitrogen and oxygen atoms in total. The zero-order valence-corrected chi connectivity index (χ0v) is 13.4. The van der Waals surface area contributed by atoms with Gasteiger partial charge in [-0.3, -0.25) is 9.59 Å². The molecule has 1 fully saturated rings. The van der Waals surface area contributed by atoms with Gasteiger partial charge in [0.05, 0.1) is 5.60 Å². The van der Waals surface area contributed by atoms with Crippen LogP contribution >= 0.6 is 0 Å². The van der Waals surface area contributed by atoms with Crippen molar-refractivity contribution in [3.05, 3.63) is 29.8 Å². The van der Waals surface area contributed by atoms with Crippen molar-refractivity contribution < 1.29 is 14.7 Å². The first-order valence-electron chi connectivity index (χ1n) is 8.45. The van der Waals surface area contributed by atoms with E-state index < -0.39 is 5.60 Å². The number of hydrogen-bond donors (Lipinski definition) is 2. The van der Waals surface area contributed by atoms with E-state index in [0.29, 0.717) is 6.42 Å². The minimum atomic E-state index is -0.780. The van der Waals surface area contributed by atoms with Crippen molar-refractivity contribution in [2.45, 2.75) is 50.5 Å². The van der Waals surface area contributed by atoms with Crippen LogP contribution in [-0.4, -0.2) is 35.6 Å². The number of para-hydroxylation sites is 1. The first-order valence-corrected chi connectivity index (χ1v) is 8.45. The Morgan fingerprint density at radius 1 is 1.17 bits per heavy atom. The molecule has 3 rings (SSSR count). The van der Waals surface area contributed by atoms with Gasteiger partial charge in [0.15, 0.2) is 0 Å². The molecule has 0 radical (unpaired) electrons. The fourth-order valence-electron chi connectivity index (χ4n) is 3.52. The number of hydrogen-bond acceptors (Lipinski definition) is 3. The Morgan fingerprint density at radius 3 is 2.70 bits per heavy atom. The number of aryl methyl sites for hydroxylation is 1. The van der Waals surface area contributed by atoms with Gasteiger partial charge in [-0.05, 0) is 30.9 Å². The van der Waals surface area contributed by atoms with Crippen molar-refractivity contribution >= 4 is 17.5 Å². The van der Waals surface area contributed by atoms with Crippen LogP contribution in [0, 0.1) is 0 Å². The van der Waals surface area contributed by atoms with Gasteiger partial charge >= 0.3 is 0 Å². The zero-order valence-electron chi connectivity index (χ0n) is 13.4. The minimum absolute atomic E-state index is 0.0183. The van der Waals surface area contributed by atoms with E-state index in [2.05, 4.69) is 5.32 Å². The maximum Gasteiger partial charge on any atom is 0.240 e. The summed E-state index contributed by atoms with van der Waals surface area (Å²) in [6.45, 7) is 0.293.